The van der Waals surface area contributed by atoms with Crippen LogP contribution in [0.25, 0.3) is 0 Å². The fourth-order valence-corrected chi connectivity index (χ4v) is 1.62. The molecule has 0 aromatic carbocycles. The van der Waals surface area contributed by atoms with Gasteiger partial charge in [-0.25, -0.2) is 0 Å². The Morgan fingerprint density at radius 2 is 2.21 bits per heavy atom. The van der Waals surface area contributed by atoms with Crippen LogP contribution in [0.4, 0.5) is 0 Å². The van der Waals surface area contributed by atoms with Crippen molar-refractivity contribution in [2.75, 3.05) is 33.7 Å². The number of nitrogens with zero attached hydrogens (tertiary/aromatic N) is 2. The summed E-state index contributed by atoms with van der Waals surface area (Å²) in [7, 11) is 3.88. The molecule has 0 radical (unpaired) electrons. The Kier molecular flexibility index (Phi) is 3.89. The fourth-order valence-electron chi connectivity index (χ4n) is 1.62. The van der Waals surface area contributed by atoms with Crippen LogP contribution in [-0.4, -0.2) is 61.5 Å². The van der Waals surface area contributed by atoms with E-state index in [1.54, 1.807) is 0 Å². The number of amides is 1. The number of nitrogens with one attached hydrogen (secondary N) is 1. The van der Waals surface area contributed by atoms with Crippen LogP contribution in [0.3, 0.4) is 0 Å². The van der Waals surface area contributed by atoms with Crippen molar-refractivity contribution in [2.45, 2.75) is 25.9 Å². The molecule has 1 amide bonds. The lowest BCUT2D eigenvalue weighted by Crippen LogP contribution is -2.55. The minimum atomic E-state index is -0.0136. The highest BCUT2D eigenvalue weighted by atomic mass is 16.2. The largest absolute Gasteiger partial charge is 0.339 e. The monoisotopic (exact) mass is 199 g/mol. The summed E-state index contributed by atoms with van der Waals surface area (Å²) in [4.78, 5) is 15.8. The smallest absolute Gasteiger partial charge is 0.239 e. The van der Waals surface area contributed by atoms with E-state index in [-0.39, 0.29) is 11.9 Å². The molecule has 1 rings (SSSR count). The number of likely N-dealkylation sites (N-methyl/N-ethyl adjacent to an activating group) is 1. The van der Waals surface area contributed by atoms with Crippen molar-refractivity contribution in [1.82, 2.24) is 15.1 Å². The molecule has 1 aliphatic rings. The van der Waals surface area contributed by atoms with Crippen LogP contribution in [0, 0.1) is 0 Å². The van der Waals surface area contributed by atoms with Gasteiger partial charge in [0.25, 0.3) is 0 Å². The number of carbonyl (C=O) groups excluding carboxylic acids is 1. The third kappa shape index (κ3) is 2.69. The topological polar surface area (TPSA) is 35.6 Å². The van der Waals surface area contributed by atoms with Crippen LogP contribution in [0.15, 0.2) is 0 Å². The van der Waals surface area contributed by atoms with Crippen LogP contribution >= 0.6 is 0 Å². The van der Waals surface area contributed by atoms with Gasteiger partial charge < -0.3 is 10.2 Å². The first-order valence-corrected chi connectivity index (χ1v) is 5.21. The van der Waals surface area contributed by atoms with E-state index in [0.29, 0.717) is 6.04 Å². The first-order chi connectivity index (χ1) is 6.52. The van der Waals surface area contributed by atoms with Gasteiger partial charge in [-0.1, -0.05) is 0 Å². The standard InChI is InChI=1S/C10H21N3O/c1-8-7-13(6-5-11-8)10(14)9(2)12(3)4/h8-9,11H,5-7H2,1-4H3/t8-,9-/m0/s1. The summed E-state index contributed by atoms with van der Waals surface area (Å²) in [5, 5.41) is 3.33. The molecule has 0 aliphatic carbocycles. The first-order valence-electron chi connectivity index (χ1n) is 5.21. The number of piperazine rings is 1. The summed E-state index contributed by atoms with van der Waals surface area (Å²) in [6.07, 6.45) is 0. The van der Waals surface area contributed by atoms with E-state index in [4.69, 9.17) is 0 Å². The van der Waals surface area contributed by atoms with Crippen molar-refractivity contribution in [1.29, 1.82) is 0 Å². The molecule has 4 heteroatoms. The van der Waals surface area contributed by atoms with Crippen molar-refractivity contribution < 1.29 is 4.79 Å². The zero-order valence-electron chi connectivity index (χ0n) is 9.58. The lowest BCUT2D eigenvalue weighted by molar-refractivity contribution is -0.136. The number of carbonyl (C=O) groups is 1. The molecular weight excluding hydrogens is 178 g/mol. The zero-order chi connectivity index (χ0) is 10.7. The Balaban J connectivity index is 2.51. The molecular formula is C10H21N3O. The molecule has 0 aromatic rings. The lowest BCUT2D eigenvalue weighted by Gasteiger charge is -2.34. The van der Waals surface area contributed by atoms with Crippen molar-refractivity contribution in [3.63, 3.8) is 0 Å². The summed E-state index contributed by atoms with van der Waals surface area (Å²) >= 11 is 0. The third-order valence-corrected chi connectivity index (χ3v) is 2.81. The van der Waals surface area contributed by atoms with Crippen LogP contribution in [0.2, 0.25) is 0 Å². The Labute approximate surface area is 86.2 Å². The highest BCUT2D eigenvalue weighted by molar-refractivity contribution is 5.81. The van der Waals surface area contributed by atoms with Crippen molar-refractivity contribution in [3.8, 4) is 0 Å². The predicted molar refractivity (Wildman–Crippen MR) is 57.2 cm³/mol. The van der Waals surface area contributed by atoms with E-state index in [0.717, 1.165) is 19.6 Å². The average molecular weight is 199 g/mol. The normalized spacial score (nSPS) is 25.2. The SMILES string of the molecule is C[C@H]1CN(C(=O)[C@H](C)N(C)C)CCN1. The molecule has 1 saturated heterocycles. The van der Waals surface area contributed by atoms with Crippen molar-refractivity contribution in [3.05, 3.63) is 0 Å². The predicted octanol–water partition coefficient (Wildman–Crippen LogP) is -0.243. The summed E-state index contributed by atoms with van der Waals surface area (Å²) < 4.78 is 0. The van der Waals surface area contributed by atoms with Gasteiger partial charge >= 0.3 is 0 Å². The maximum Gasteiger partial charge on any atom is 0.239 e. The van der Waals surface area contributed by atoms with E-state index >= 15 is 0 Å². The second kappa shape index (κ2) is 4.75. The second-order valence-corrected chi connectivity index (χ2v) is 4.28. The maximum absolute atomic E-state index is 11.9. The summed E-state index contributed by atoms with van der Waals surface area (Å²) in [6, 6.07) is 0.405. The molecule has 1 fully saturated rings. The van der Waals surface area contributed by atoms with Crippen molar-refractivity contribution >= 4 is 5.91 Å². The third-order valence-electron chi connectivity index (χ3n) is 2.81. The Morgan fingerprint density at radius 3 is 2.71 bits per heavy atom. The van der Waals surface area contributed by atoms with E-state index in [2.05, 4.69) is 12.2 Å². The maximum atomic E-state index is 11.9. The van der Waals surface area contributed by atoms with Crippen LogP contribution in [0.1, 0.15) is 13.8 Å². The van der Waals surface area contributed by atoms with Gasteiger partial charge in [-0.3, -0.25) is 9.69 Å². The van der Waals surface area contributed by atoms with Gasteiger partial charge in [0.1, 0.15) is 0 Å². The van der Waals surface area contributed by atoms with Crippen LogP contribution in [0.5, 0.6) is 0 Å². The van der Waals surface area contributed by atoms with Gasteiger partial charge in [-0.15, -0.1) is 0 Å². The Morgan fingerprint density at radius 1 is 1.57 bits per heavy atom. The summed E-state index contributed by atoms with van der Waals surface area (Å²) in [6.45, 7) is 6.64. The van der Waals surface area contributed by atoms with Gasteiger partial charge in [0.05, 0.1) is 6.04 Å². The highest BCUT2D eigenvalue weighted by Gasteiger charge is 2.25. The van der Waals surface area contributed by atoms with E-state index < -0.39 is 0 Å². The van der Waals surface area contributed by atoms with Crippen LogP contribution in [-0.2, 0) is 4.79 Å². The van der Waals surface area contributed by atoms with Crippen molar-refractivity contribution in [2.24, 2.45) is 0 Å². The van der Waals surface area contributed by atoms with Gasteiger partial charge in [-0.2, -0.15) is 0 Å². The van der Waals surface area contributed by atoms with Gasteiger partial charge in [0.2, 0.25) is 5.91 Å². The van der Waals surface area contributed by atoms with Crippen LogP contribution < -0.4 is 5.32 Å². The zero-order valence-corrected chi connectivity index (χ0v) is 9.58. The summed E-state index contributed by atoms with van der Waals surface area (Å²) in [5.41, 5.74) is 0. The molecule has 1 aliphatic heterocycles. The fraction of sp³-hybridized carbons (Fsp3) is 0.900. The van der Waals surface area contributed by atoms with E-state index in [1.807, 2.05) is 30.8 Å². The van der Waals surface area contributed by atoms with E-state index in [9.17, 15) is 4.79 Å². The molecule has 0 unspecified atom stereocenters. The number of hydrogen-bond donors (Lipinski definition) is 1. The van der Waals surface area contributed by atoms with E-state index in [1.165, 1.54) is 0 Å². The highest BCUT2D eigenvalue weighted by Crippen LogP contribution is 2.04. The molecule has 4 nitrogen and oxygen atoms in total. The average Bonchev–Trinajstić information content (AvgIpc) is 2.15. The molecule has 2 atom stereocenters. The van der Waals surface area contributed by atoms with Gasteiger partial charge in [-0.05, 0) is 27.9 Å². The first kappa shape index (κ1) is 11.5. The molecule has 0 spiro atoms. The molecule has 0 saturated carbocycles. The summed E-state index contributed by atoms with van der Waals surface area (Å²) in [5.74, 6) is 0.239. The number of rotatable bonds is 2. The lowest BCUT2D eigenvalue weighted by atomic mass is 10.2. The quantitative estimate of drug-likeness (QED) is 0.666. The van der Waals surface area contributed by atoms with Gasteiger partial charge in [0.15, 0.2) is 0 Å². The molecule has 1 heterocycles. The number of hydrogen-bond acceptors (Lipinski definition) is 3. The molecule has 0 bridgehead atoms. The van der Waals surface area contributed by atoms with Gasteiger partial charge in [0, 0.05) is 25.7 Å². The minimum absolute atomic E-state index is 0.0136. The second-order valence-electron chi connectivity index (χ2n) is 4.28. The Hall–Kier alpha value is -0.610. The molecule has 1 N–H and O–H groups in total. The Bertz CT molecular complexity index is 206. The molecule has 14 heavy (non-hydrogen) atoms. The molecule has 0 aromatic heterocycles. The minimum Gasteiger partial charge on any atom is -0.339 e. The molecule has 82 valence electrons.